The quantitative estimate of drug-likeness (QED) is 0.470. The van der Waals surface area contributed by atoms with Crippen LogP contribution < -0.4 is 10.6 Å². The molecule has 1 unspecified atom stereocenters. The van der Waals surface area contributed by atoms with Gasteiger partial charge in [-0.1, -0.05) is 28.9 Å². The second-order valence-corrected chi connectivity index (χ2v) is 6.92. The maximum atomic E-state index is 6.03. The Morgan fingerprint density at radius 3 is 2.64 bits per heavy atom. The Morgan fingerprint density at radius 2 is 2.04 bits per heavy atom. The molecule has 2 heterocycles. The summed E-state index contributed by atoms with van der Waals surface area (Å²) in [5.74, 6) is 1.60. The van der Waals surface area contributed by atoms with E-state index in [4.69, 9.17) is 16.1 Å². The molecule has 3 rings (SSSR count). The molecule has 0 fully saturated rings. The lowest BCUT2D eigenvalue weighted by Crippen LogP contribution is -2.41. The number of hydrogen-bond donors (Lipinski definition) is 2. The number of guanidine groups is 1. The topological polar surface area (TPSA) is 80.3 Å². The maximum absolute atomic E-state index is 6.03. The minimum atomic E-state index is 0.0216. The normalized spacial score (nSPS) is 12.8. The highest BCUT2D eigenvalue weighted by Gasteiger charge is 2.15. The first kappa shape index (κ1) is 19.9. The first-order valence-corrected chi connectivity index (χ1v) is 9.57. The van der Waals surface area contributed by atoms with Crippen molar-refractivity contribution in [1.29, 1.82) is 0 Å². The Bertz CT molecular complexity index is 882. The van der Waals surface area contributed by atoms with Gasteiger partial charge in [0.1, 0.15) is 5.76 Å². The van der Waals surface area contributed by atoms with Crippen LogP contribution >= 0.6 is 11.6 Å². The number of aromatic nitrogens is 3. The first-order chi connectivity index (χ1) is 13.6. The molecule has 0 aliphatic rings. The summed E-state index contributed by atoms with van der Waals surface area (Å²) in [5.41, 5.74) is 3.19. The molecular formula is C20H25ClN6O. The van der Waals surface area contributed by atoms with Gasteiger partial charge < -0.3 is 15.2 Å². The second kappa shape index (κ2) is 9.41. The molecule has 0 saturated heterocycles. The molecule has 148 valence electrons. The number of rotatable bonds is 7. The Hall–Kier alpha value is -2.80. The van der Waals surface area contributed by atoms with Crippen molar-refractivity contribution in [1.82, 2.24) is 25.6 Å². The van der Waals surface area contributed by atoms with Crippen LogP contribution in [0, 0.1) is 13.8 Å². The minimum absolute atomic E-state index is 0.0216. The monoisotopic (exact) mass is 400 g/mol. The number of hydrogen-bond acceptors (Lipinski definition) is 4. The lowest BCUT2D eigenvalue weighted by Gasteiger charge is -2.20. The van der Waals surface area contributed by atoms with Crippen LogP contribution in [0.4, 0.5) is 0 Å². The Kier molecular flexibility index (Phi) is 6.71. The number of aliphatic imine (C=N–C) groups is 1. The van der Waals surface area contributed by atoms with E-state index in [9.17, 15) is 0 Å². The molecule has 2 aromatic heterocycles. The summed E-state index contributed by atoms with van der Waals surface area (Å²) in [4.78, 5) is 4.32. The van der Waals surface area contributed by atoms with Gasteiger partial charge in [0.2, 0.25) is 0 Å². The number of halogens is 1. The van der Waals surface area contributed by atoms with Gasteiger partial charge in [-0.05, 0) is 44.0 Å². The van der Waals surface area contributed by atoms with Gasteiger partial charge in [-0.15, -0.1) is 0 Å². The van der Waals surface area contributed by atoms with E-state index in [1.807, 2.05) is 55.1 Å². The van der Waals surface area contributed by atoms with Crippen molar-refractivity contribution in [2.75, 3.05) is 20.1 Å². The summed E-state index contributed by atoms with van der Waals surface area (Å²) < 4.78 is 7.14. The van der Waals surface area contributed by atoms with Crippen molar-refractivity contribution in [3.63, 3.8) is 0 Å². The van der Waals surface area contributed by atoms with Gasteiger partial charge in [0.25, 0.3) is 0 Å². The standard InChI is InChI=1S/C20H25ClN6O/c1-14-18(15(2)28-26-14)9-11-23-20(22-3)24-13-19(27-12-4-10-25-27)16-5-7-17(21)8-6-16/h4-8,10,12,19H,9,11,13H2,1-3H3,(H2,22,23,24). The molecule has 28 heavy (non-hydrogen) atoms. The molecule has 0 radical (unpaired) electrons. The lowest BCUT2D eigenvalue weighted by atomic mass is 10.1. The SMILES string of the molecule is CN=C(NCCc1c(C)noc1C)NCC(c1ccc(Cl)cc1)n1cccn1. The van der Waals surface area contributed by atoms with Gasteiger partial charge in [0.15, 0.2) is 5.96 Å². The first-order valence-electron chi connectivity index (χ1n) is 9.19. The van der Waals surface area contributed by atoms with E-state index in [1.165, 1.54) is 0 Å². The van der Waals surface area contributed by atoms with Crippen molar-refractivity contribution in [3.05, 3.63) is 70.3 Å². The zero-order valence-corrected chi connectivity index (χ0v) is 17.1. The van der Waals surface area contributed by atoms with Crippen LogP contribution in [0.3, 0.4) is 0 Å². The third-order valence-electron chi connectivity index (χ3n) is 4.63. The second-order valence-electron chi connectivity index (χ2n) is 6.49. The Balaban J connectivity index is 1.60. The number of benzene rings is 1. The Labute approximate surface area is 169 Å². The predicted octanol–water partition coefficient (Wildman–Crippen LogP) is 3.14. The van der Waals surface area contributed by atoms with Gasteiger partial charge in [-0.3, -0.25) is 9.67 Å². The summed E-state index contributed by atoms with van der Waals surface area (Å²) in [7, 11) is 1.76. The van der Waals surface area contributed by atoms with Crippen molar-refractivity contribution >= 4 is 17.6 Å². The van der Waals surface area contributed by atoms with Crippen LogP contribution in [-0.4, -0.2) is 41.0 Å². The number of nitrogens with one attached hydrogen (secondary N) is 2. The third-order valence-corrected chi connectivity index (χ3v) is 4.89. The molecule has 0 aliphatic carbocycles. The number of nitrogens with zero attached hydrogens (tertiary/aromatic N) is 4. The fraction of sp³-hybridized carbons (Fsp3) is 0.350. The van der Waals surface area contributed by atoms with E-state index < -0.39 is 0 Å². The van der Waals surface area contributed by atoms with Crippen molar-refractivity contribution < 1.29 is 4.52 Å². The zero-order chi connectivity index (χ0) is 19.9. The van der Waals surface area contributed by atoms with E-state index in [-0.39, 0.29) is 6.04 Å². The van der Waals surface area contributed by atoms with E-state index >= 15 is 0 Å². The van der Waals surface area contributed by atoms with Crippen LogP contribution in [0.25, 0.3) is 0 Å². The summed E-state index contributed by atoms with van der Waals surface area (Å²) in [6.45, 7) is 5.26. The molecule has 1 atom stereocenters. The fourth-order valence-electron chi connectivity index (χ4n) is 3.09. The van der Waals surface area contributed by atoms with Gasteiger partial charge in [0.05, 0.1) is 11.7 Å². The Morgan fingerprint density at radius 1 is 1.25 bits per heavy atom. The smallest absolute Gasteiger partial charge is 0.191 e. The van der Waals surface area contributed by atoms with Crippen molar-refractivity contribution in [2.24, 2.45) is 4.99 Å². The molecule has 7 nitrogen and oxygen atoms in total. The average Bonchev–Trinajstić information content (AvgIpc) is 3.33. The molecule has 0 saturated carbocycles. The number of aryl methyl sites for hydroxylation is 2. The van der Waals surface area contributed by atoms with Crippen LogP contribution in [0.5, 0.6) is 0 Å². The van der Waals surface area contributed by atoms with E-state index in [1.54, 1.807) is 13.2 Å². The van der Waals surface area contributed by atoms with Gasteiger partial charge in [-0.2, -0.15) is 5.10 Å². The van der Waals surface area contributed by atoms with Crippen LogP contribution in [0.2, 0.25) is 5.02 Å². The van der Waals surface area contributed by atoms with Crippen LogP contribution in [0.1, 0.15) is 28.6 Å². The molecule has 8 heteroatoms. The average molecular weight is 401 g/mol. The van der Waals surface area contributed by atoms with Crippen LogP contribution in [-0.2, 0) is 6.42 Å². The highest BCUT2D eigenvalue weighted by Crippen LogP contribution is 2.19. The molecule has 0 spiro atoms. The highest BCUT2D eigenvalue weighted by molar-refractivity contribution is 6.30. The summed E-state index contributed by atoms with van der Waals surface area (Å²) >= 11 is 6.03. The largest absolute Gasteiger partial charge is 0.361 e. The summed E-state index contributed by atoms with van der Waals surface area (Å²) in [6.07, 6.45) is 4.55. The maximum Gasteiger partial charge on any atom is 0.191 e. The zero-order valence-electron chi connectivity index (χ0n) is 16.3. The van der Waals surface area contributed by atoms with Crippen molar-refractivity contribution in [3.8, 4) is 0 Å². The fourth-order valence-corrected chi connectivity index (χ4v) is 3.22. The lowest BCUT2D eigenvalue weighted by molar-refractivity contribution is 0.392. The molecule has 1 aromatic carbocycles. The molecule has 3 aromatic rings. The minimum Gasteiger partial charge on any atom is -0.361 e. The van der Waals surface area contributed by atoms with Crippen LogP contribution in [0.15, 0.2) is 52.2 Å². The molecular weight excluding hydrogens is 376 g/mol. The highest BCUT2D eigenvalue weighted by atomic mass is 35.5. The summed E-state index contributed by atoms with van der Waals surface area (Å²) in [6, 6.07) is 9.76. The van der Waals surface area contributed by atoms with Gasteiger partial charge >= 0.3 is 0 Å². The predicted molar refractivity (Wildman–Crippen MR) is 111 cm³/mol. The molecule has 0 bridgehead atoms. The molecule has 2 N–H and O–H groups in total. The van der Waals surface area contributed by atoms with Gasteiger partial charge in [-0.25, -0.2) is 0 Å². The van der Waals surface area contributed by atoms with E-state index in [0.717, 1.165) is 41.5 Å². The molecule has 0 aliphatic heterocycles. The van der Waals surface area contributed by atoms with E-state index in [0.29, 0.717) is 11.6 Å². The van der Waals surface area contributed by atoms with Gasteiger partial charge in [0, 0.05) is 43.1 Å². The van der Waals surface area contributed by atoms with Crippen molar-refractivity contribution in [2.45, 2.75) is 26.3 Å². The third kappa shape index (κ3) is 4.92. The molecule has 0 amide bonds. The van der Waals surface area contributed by atoms with E-state index in [2.05, 4.69) is 25.9 Å². The summed E-state index contributed by atoms with van der Waals surface area (Å²) in [5, 5.41) is 15.8.